The van der Waals surface area contributed by atoms with Crippen molar-refractivity contribution in [3.63, 3.8) is 0 Å². The molecular weight excluding hydrogens is 232 g/mol. The molecule has 0 atom stereocenters. The lowest BCUT2D eigenvalue weighted by atomic mass is 10.1. The molecule has 0 saturated carbocycles. The Morgan fingerprint density at radius 3 is 2.56 bits per heavy atom. The first-order valence-corrected chi connectivity index (χ1v) is 5.52. The SMILES string of the molecule is Cc1cc(NC(=O)c2oncc2C)c(C)cc1O. The summed E-state index contributed by atoms with van der Waals surface area (Å²) in [6.45, 7) is 5.33. The zero-order valence-corrected chi connectivity index (χ0v) is 10.4. The van der Waals surface area contributed by atoms with E-state index in [4.69, 9.17) is 4.52 Å². The Labute approximate surface area is 104 Å². The van der Waals surface area contributed by atoms with Gasteiger partial charge in [0.25, 0.3) is 5.91 Å². The van der Waals surface area contributed by atoms with Gasteiger partial charge in [0.2, 0.25) is 5.76 Å². The molecule has 0 saturated heterocycles. The Balaban J connectivity index is 2.28. The van der Waals surface area contributed by atoms with E-state index in [0.29, 0.717) is 16.8 Å². The Kier molecular flexibility index (Phi) is 3.06. The van der Waals surface area contributed by atoms with Gasteiger partial charge in [-0.25, -0.2) is 0 Å². The van der Waals surface area contributed by atoms with Crippen LogP contribution in [0.1, 0.15) is 27.2 Å². The normalized spacial score (nSPS) is 10.4. The molecule has 0 spiro atoms. The largest absolute Gasteiger partial charge is 0.508 e. The number of phenols is 1. The Morgan fingerprint density at radius 2 is 1.94 bits per heavy atom. The lowest BCUT2D eigenvalue weighted by Gasteiger charge is -2.09. The first-order valence-electron chi connectivity index (χ1n) is 5.52. The van der Waals surface area contributed by atoms with Crippen LogP contribution in [0.15, 0.2) is 22.9 Å². The summed E-state index contributed by atoms with van der Waals surface area (Å²) in [5.74, 6) is 0.0552. The van der Waals surface area contributed by atoms with E-state index in [1.807, 2.05) is 6.92 Å². The van der Waals surface area contributed by atoms with Gasteiger partial charge in [-0.15, -0.1) is 0 Å². The molecule has 1 aromatic carbocycles. The van der Waals surface area contributed by atoms with Crippen LogP contribution in [-0.2, 0) is 0 Å². The minimum absolute atomic E-state index is 0.195. The number of phenolic OH excluding ortho intramolecular Hbond substituents is 1. The van der Waals surface area contributed by atoms with Crippen molar-refractivity contribution < 1.29 is 14.4 Å². The van der Waals surface area contributed by atoms with Crippen LogP contribution in [0.5, 0.6) is 5.75 Å². The predicted molar refractivity (Wildman–Crippen MR) is 66.8 cm³/mol. The van der Waals surface area contributed by atoms with Crippen LogP contribution in [0.4, 0.5) is 5.69 Å². The molecule has 0 fully saturated rings. The standard InChI is InChI=1S/C13H14N2O3/c1-7-5-11(16)8(2)4-10(7)15-13(17)12-9(3)6-14-18-12/h4-6,16H,1-3H3,(H,15,17). The molecule has 2 N–H and O–H groups in total. The molecule has 94 valence electrons. The monoisotopic (exact) mass is 246 g/mol. The maximum Gasteiger partial charge on any atom is 0.294 e. The quantitative estimate of drug-likeness (QED) is 0.798. The number of benzene rings is 1. The van der Waals surface area contributed by atoms with E-state index in [-0.39, 0.29) is 17.4 Å². The second kappa shape index (κ2) is 4.52. The number of hydrogen-bond acceptors (Lipinski definition) is 4. The van der Waals surface area contributed by atoms with Gasteiger partial charge in [-0.1, -0.05) is 5.16 Å². The third-order valence-electron chi connectivity index (χ3n) is 2.75. The molecule has 2 aromatic rings. The Bertz CT molecular complexity index is 602. The van der Waals surface area contributed by atoms with Crippen molar-refractivity contribution in [2.24, 2.45) is 0 Å². The van der Waals surface area contributed by atoms with Crippen LogP contribution in [0.2, 0.25) is 0 Å². The van der Waals surface area contributed by atoms with Crippen LogP contribution in [-0.4, -0.2) is 16.2 Å². The van der Waals surface area contributed by atoms with Crippen molar-refractivity contribution in [3.05, 3.63) is 40.8 Å². The van der Waals surface area contributed by atoms with Crippen LogP contribution in [0.3, 0.4) is 0 Å². The van der Waals surface area contributed by atoms with Crippen LogP contribution < -0.4 is 5.32 Å². The summed E-state index contributed by atoms with van der Waals surface area (Å²) in [4.78, 5) is 11.9. The zero-order chi connectivity index (χ0) is 13.3. The van der Waals surface area contributed by atoms with E-state index in [1.54, 1.807) is 26.0 Å². The summed E-state index contributed by atoms with van der Waals surface area (Å²) >= 11 is 0. The van der Waals surface area contributed by atoms with Crippen LogP contribution in [0, 0.1) is 20.8 Å². The van der Waals surface area contributed by atoms with Crippen LogP contribution in [0.25, 0.3) is 0 Å². The highest BCUT2D eigenvalue weighted by atomic mass is 16.5. The molecule has 0 unspecified atom stereocenters. The van der Waals surface area contributed by atoms with Gasteiger partial charge in [0, 0.05) is 11.3 Å². The van der Waals surface area contributed by atoms with Crippen molar-refractivity contribution in [1.29, 1.82) is 0 Å². The fraction of sp³-hybridized carbons (Fsp3) is 0.231. The fourth-order valence-electron chi connectivity index (χ4n) is 1.62. The van der Waals surface area contributed by atoms with Gasteiger partial charge in [-0.05, 0) is 44.0 Å². The number of aryl methyl sites for hydroxylation is 3. The number of aromatic nitrogens is 1. The van der Waals surface area contributed by atoms with Crippen molar-refractivity contribution >= 4 is 11.6 Å². The second-order valence-corrected chi connectivity index (χ2v) is 4.25. The maximum absolute atomic E-state index is 11.9. The van der Waals surface area contributed by atoms with E-state index in [9.17, 15) is 9.90 Å². The van der Waals surface area contributed by atoms with E-state index < -0.39 is 0 Å². The first kappa shape index (κ1) is 12.2. The van der Waals surface area contributed by atoms with Crippen molar-refractivity contribution in [3.8, 4) is 5.75 Å². The van der Waals surface area contributed by atoms with Crippen molar-refractivity contribution in [1.82, 2.24) is 5.16 Å². The predicted octanol–water partition coefficient (Wildman–Crippen LogP) is 2.56. The number of hydrogen-bond donors (Lipinski definition) is 2. The molecule has 1 heterocycles. The molecule has 18 heavy (non-hydrogen) atoms. The number of carbonyl (C=O) groups is 1. The zero-order valence-electron chi connectivity index (χ0n) is 10.4. The van der Waals surface area contributed by atoms with Crippen LogP contribution >= 0.6 is 0 Å². The molecule has 1 amide bonds. The third-order valence-corrected chi connectivity index (χ3v) is 2.75. The maximum atomic E-state index is 11.9. The van der Waals surface area contributed by atoms with Gasteiger partial charge in [-0.3, -0.25) is 4.79 Å². The molecule has 0 aliphatic heterocycles. The highest BCUT2D eigenvalue weighted by molar-refractivity contribution is 6.03. The lowest BCUT2D eigenvalue weighted by Crippen LogP contribution is -2.13. The summed E-state index contributed by atoms with van der Waals surface area (Å²) in [6.07, 6.45) is 1.49. The number of anilines is 1. The average molecular weight is 246 g/mol. The lowest BCUT2D eigenvalue weighted by molar-refractivity contribution is 0.0987. The molecule has 0 bridgehead atoms. The second-order valence-electron chi connectivity index (χ2n) is 4.25. The first-order chi connectivity index (χ1) is 8.49. The van der Waals surface area contributed by atoms with Gasteiger partial charge in [0.1, 0.15) is 5.75 Å². The molecule has 0 aliphatic carbocycles. The van der Waals surface area contributed by atoms with Gasteiger partial charge in [0.05, 0.1) is 6.20 Å². The Morgan fingerprint density at radius 1 is 1.22 bits per heavy atom. The van der Waals surface area contributed by atoms with Gasteiger partial charge in [0.15, 0.2) is 0 Å². The minimum Gasteiger partial charge on any atom is -0.508 e. The highest BCUT2D eigenvalue weighted by Gasteiger charge is 2.15. The van der Waals surface area contributed by atoms with Gasteiger partial charge in [-0.2, -0.15) is 0 Å². The fourth-order valence-corrected chi connectivity index (χ4v) is 1.62. The van der Waals surface area contributed by atoms with Gasteiger partial charge < -0.3 is 14.9 Å². The van der Waals surface area contributed by atoms with Crippen molar-refractivity contribution in [2.75, 3.05) is 5.32 Å². The van der Waals surface area contributed by atoms with Crippen molar-refractivity contribution in [2.45, 2.75) is 20.8 Å². The summed E-state index contributed by atoms with van der Waals surface area (Å²) < 4.78 is 4.88. The average Bonchev–Trinajstić information content (AvgIpc) is 2.72. The number of aromatic hydroxyl groups is 1. The number of nitrogens with zero attached hydrogens (tertiary/aromatic N) is 1. The number of rotatable bonds is 2. The summed E-state index contributed by atoms with van der Waals surface area (Å²) in [7, 11) is 0. The minimum atomic E-state index is -0.349. The van der Waals surface area contributed by atoms with E-state index in [2.05, 4.69) is 10.5 Å². The van der Waals surface area contributed by atoms with E-state index in [1.165, 1.54) is 6.20 Å². The third kappa shape index (κ3) is 2.20. The summed E-state index contributed by atoms with van der Waals surface area (Å²) in [6, 6.07) is 3.33. The van der Waals surface area contributed by atoms with Gasteiger partial charge >= 0.3 is 0 Å². The smallest absolute Gasteiger partial charge is 0.294 e. The van der Waals surface area contributed by atoms with E-state index in [0.717, 1.165) is 5.56 Å². The number of amides is 1. The molecule has 1 aromatic heterocycles. The van der Waals surface area contributed by atoms with E-state index >= 15 is 0 Å². The highest BCUT2D eigenvalue weighted by Crippen LogP contribution is 2.25. The molecule has 0 radical (unpaired) electrons. The Hall–Kier alpha value is -2.30. The molecule has 5 heteroatoms. The topological polar surface area (TPSA) is 75.4 Å². The number of nitrogens with one attached hydrogen (secondary N) is 1. The summed E-state index contributed by atoms with van der Waals surface area (Å²) in [5.41, 5.74) is 2.81. The molecule has 0 aliphatic rings. The number of carbonyl (C=O) groups excluding carboxylic acids is 1. The molecular formula is C13H14N2O3. The molecule has 2 rings (SSSR count). The molecule has 5 nitrogen and oxygen atoms in total. The summed E-state index contributed by atoms with van der Waals surface area (Å²) in [5, 5.41) is 15.8.